The molecular formula is C21H25F4N5O3. The maximum Gasteiger partial charge on any atom is 0.490 e. The Kier molecular flexibility index (Phi) is 7.57. The second kappa shape index (κ2) is 10.2. The standard InChI is InChI=1S/C19H24FN5O.C2HF3O2/c1-23-18-13-25(19(26)21-15-6-4-5-14(20)11-15)10-7-16(18)17(22-23)12-24-8-2-3-9-24;3-2(4,5)1(6)7/h4-6,11H,2-3,7-10,12-13H2,1H3,(H,21,26);(H,6,7). The van der Waals surface area contributed by atoms with Gasteiger partial charge in [0.05, 0.1) is 17.9 Å². The van der Waals surface area contributed by atoms with E-state index in [1.54, 1.807) is 17.0 Å². The van der Waals surface area contributed by atoms with Crippen molar-refractivity contribution >= 4 is 17.7 Å². The minimum atomic E-state index is -5.08. The Bertz CT molecular complexity index is 1000. The number of nitrogens with one attached hydrogen (secondary N) is 1. The number of anilines is 1. The number of fused-ring (bicyclic) bond motifs is 1. The molecule has 1 fully saturated rings. The van der Waals surface area contributed by atoms with Gasteiger partial charge in [0.15, 0.2) is 0 Å². The number of urea groups is 1. The fraction of sp³-hybridized carbons (Fsp3) is 0.476. The van der Waals surface area contributed by atoms with Crippen molar-refractivity contribution in [3.63, 3.8) is 0 Å². The van der Waals surface area contributed by atoms with Crippen molar-refractivity contribution in [1.29, 1.82) is 0 Å². The van der Waals surface area contributed by atoms with Crippen molar-refractivity contribution in [2.45, 2.75) is 38.5 Å². The highest BCUT2D eigenvalue weighted by molar-refractivity contribution is 5.89. The van der Waals surface area contributed by atoms with E-state index in [0.29, 0.717) is 18.8 Å². The predicted octanol–water partition coefficient (Wildman–Crippen LogP) is 3.38. The number of benzene rings is 1. The molecule has 0 spiro atoms. The van der Waals surface area contributed by atoms with Crippen LogP contribution in [-0.4, -0.2) is 62.5 Å². The molecule has 2 aliphatic rings. The van der Waals surface area contributed by atoms with Crippen molar-refractivity contribution in [2.24, 2.45) is 7.05 Å². The summed E-state index contributed by atoms with van der Waals surface area (Å²) in [7, 11) is 1.94. The Morgan fingerprint density at radius 1 is 1.18 bits per heavy atom. The zero-order chi connectivity index (χ0) is 24.2. The minimum Gasteiger partial charge on any atom is -0.475 e. The van der Waals surface area contributed by atoms with Crippen LogP contribution in [0.15, 0.2) is 24.3 Å². The van der Waals surface area contributed by atoms with Gasteiger partial charge in [-0.25, -0.2) is 14.0 Å². The summed E-state index contributed by atoms with van der Waals surface area (Å²) < 4.78 is 46.9. The van der Waals surface area contributed by atoms with Gasteiger partial charge in [0.25, 0.3) is 0 Å². The molecule has 33 heavy (non-hydrogen) atoms. The molecule has 2 N–H and O–H groups in total. The number of carboxylic acid groups (broad SMARTS) is 1. The van der Waals surface area contributed by atoms with E-state index in [2.05, 4.69) is 10.2 Å². The number of alkyl halides is 3. The summed E-state index contributed by atoms with van der Waals surface area (Å²) in [5.41, 5.74) is 4.00. The Labute approximate surface area is 187 Å². The number of rotatable bonds is 3. The molecule has 8 nitrogen and oxygen atoms in total. The first-order valence-corrected chi connectivity index (χ1v) is 10.4. The lowest BCUT2D eigenvalue weighted by Gasteiger charge is -2.28. The van der Waals surface area contributed by atoms with Crippen LogP contribution in [0.5, 0.6) is 0 Å². The molecule has 0 saturated carbocycles. The van der Waals surface area contributed by atoms with Crippen LogP contribution in [0.2, 0.25) is 0 Å². The molecule has 2 aliphatic heterocycles. The average molecular weight is 471 g/mol. The molecule has 0 aliphatic carbocycles. The zero-order valence-corrected chi connectivity index (χ0v) is 18.0. The lowest BCUT2D eigenvalue weighted by Crippen LogP contribution is -2.39. The van der Waals surface area contributed by atoms with Gasteiger partial charge in [0.1, 0.15) is 5.82 Å². The third-order valence-electron chi connectivity index (χ3n) is 5.51. The normalized spacial score (nSPS) is 16.1. The summed E-state index contributed by atoms with van der Waals surface area (Å²) in [5.74, 6) is -3.12. The molecule has 3 heterocycles. The third kappa shape index (κ3) is 6.44. The lowest BCUT2D eigenvalue weighted by atomic mass is 10.0. The zero-order valence-electron chi connectivity index (χ0n) is 18.0. The second-order valence-electron chi connectivity index (χ2n) is 7.89. The van der Waals surface area contributed by atoms with Gasteiger partial charge >= 0.3 is 18.2 Å². The molecule has 1 aromatic carbocycles. The smallest absolute Gasteiger partial charge is 0.475 e. The molecule has 1 aromatic heterocycles. The van der Waals surface area contributed by atoms with Gasteiger partial charge in [-0.2, -0.15) is 18.3 Å². The van der Waals surface area contributed by atoms with E-state index in [0.717, 1.165) is 37.4 Å². The van der Waals surface area contributed by atoms with Crippen LogP contribution >= 0.6 is 0 Å². The highest BCUT2D eigenvalue weighted by Crippen LogP contribution is 2.25. The number of aromatic nitrogens is 2. The molecule has 12 heteroatoms. The Morgan fingerprint density at radius 3 is 2.45 bits per heavy atom. The Balaban J connectivity index is 0.000000383. The van der Waals surface area contributed by atoms with Crippen LogP contribution in [0.25, 0.3) is 0 Å². The van der Waals surface area contributed by atoms with Crippen molar-refractivity contribution in [2.75, 3.05) is 25.0 Å². The summed E-state index contributed by atoms with van der Waals surface area (Å²) in [6.07, 6.45) is -1.74. The quantitative estimate of drug-likeness (QED) is 0.670. The van der Waals surface area contributed by atoms with Gasteiger partial charge in [-0.1, -0.05) is 6.07 Å². The molecule has 1 saturated heterocycles. The van der Waals surface area contributed by atoms with Gasteiger partial charge < -0.3 is 15.3 Å². The van der Waals surface area contributed by atoms with Crippen molar-refractivity contribution in [3.05, 3.63) is 47.0 Å². The van der Waals surface area contributed by atoms with Crippen LogP contribution in [-0.2, 0) is 31.4 Å². The number of halogens is 4. The summed E-state index contributed by atoms with van der Waals surface area (Å²) in [6.45, 7) is 4.37. The first-order valence-electron chi connectivity index (χ1n) is 10.4. The average Bonchev–Trinajstić information content (AvgIpc) is 3.36. The van der Waals surface area contributed by atoms with Crippen LogP contribution in [0.4, 0.5) is 28.0 Å². The molecule has 4 rings (SSSR count). The Morgan fingerprint density at radius 2 is 1.85 bits per heavy atom. The number of carbonyl (C=O) groups is 2. The molecule has 0 radical (unpaired) electrons. The number of likely N-dealkylation sites (tertiary alicyclic amines) is 1. The minimum absolute atomic E-state index is 0.205. The van der Waals surface area contributed by atoms with Crippen molar-refractivity contribution in [3.8, 4) is 0 Å². The summed E-state index contributed by atoms with van der Waals surface area (Å²) in [5, 5.41) is 14.6. The molecule has 0 atom stereocenters. The first-order chi connectivity index (χ1) is 15.5. The number of nitrogens with zero attached hydrogens (tertiary/aromatic N) is 4. The van der Waals surface area contributed by atoms with Crippen LogP contribution in [0.1, 0.15) is 29.8 Å². The second-order valence-corrected chi connectivity index (χ2v) is 7.89. The predicted molar refractivity (Wildman–Crippen MR) is 111 cm³/mol. The number of carboxylic acids is 1. The monoisotopic (exact) mass is 471 g/mol. The highest BCUT2D eigenvalue weighted by atomic mass is 19.4. The van der Waals surface area contributed by atoms with Crippen LogP contribution < -0.4 is 5.32 Å². The molecule has 180 valence electrons. The van der Waals surface area contributed by atoms with E-state index < -0.39 is 12.1 Å². The molecule has 2 aromatic rings. The highest BCUT2D eigenvalue weighted by Gasteiger charge is 2.38. The fourth-order valence-electron chi connectivity index (χ4n) is 3.88. The number of hydrogen-bond donors (Lipinski definition) is 2. The van der Waals surface area contributed by atoms with Crippen LogP contribution in [0, 0.1) is 5.82 Å². The summed E-state index contributed by atoms with van der Waals surface area (Å²) in [4.78, 5) is 25.6. The molecule has 0 unspecified atom stereocenters. The molecular weight excluding hydrogens is 446 g/mol. The van der Waals surface area contributed by atoms with Gasteiger partial charge in [-0.3, -0.25) is 9.58 Å². The van der Waals surface area contributed by atoms with Crippen LogP contribution in [0.3, 0.4) is 0 Å². The van der Waals surface area contributed by atoms with E-state index >= 15 is 0 Å². The largest absolute Gasteiger partial charge is 0.490 e. The Hall–Kier alpha value is -3.15. The van der Waals surface area contributed by atoms with E-state index in [9.17, 15) is 22.4 Å². The maximum absolute atomic E-state index is 13.3. The maximum atomic E-state index is 13.3. The van der Waals surface area contributed by atoms with Gasteiger partial charge in [0.2, 0.25) is 0 Å². The summed E-state index contributed by atoms with van der Waals surface area (Å²) in [6, 6.07) is 5.76. The van der Waals surface area contributed by atoms with Crippen molar-refractivity contribution < 1.29 is 32.3 Å². The molecule has 2 amide bonds. The number of aryl methyl sites for hydroxylation is 1. The summed E-state index contributed by atoms with van der Waals surface area (Å²) >= 11 is 0. The van der Waals surface area contributed by atoms with Crippen molar-refractivity contribution in [1.82, 2.24) is 19.6 Å². The lowest BCUT2D eigenvalue weighted by molar-refractivity contribution is -0.192. The van der Waals surface area contributed by atoms with E-state index in [1.165, 1.54) is 30.5 Å². The van der Waals surface area contributed by atoms with E-state index in [-0.39, 0.29) is 11.8 Å². The van der Waals surface area contributed by atoms with E-state index in [1.807, 2.05) is 11.7 Å². The number of carbonyl (C=O) groups excluding carboxylic acids is 1. The third-order valence-corrected chi connectivity index (χ3v) is 5.51. The number of aliphatic carboxylic acids is 1. The SMILES string of the molecule is Cn1nc(CN2CCCC2)c2c1CN(C(=O)Nc1cccc(F)c1)CC2.O=C(O)C(F)(F)F. The van der Waals surface area contributed by atoms with E-state index in [4.69, 9.17) is 15.0 Å². The topological polar surface area (TPSA) is 90.7 Å². The fourth-order valence-corrected chi connectivity index (χ4v) is 3.88. The molecule has 0 bridgehead atoms. The first kappa shape index (κ1) is 24.5. The van der Waals surface area contributed by atoms with Gasteiger partial charge in [-0.05, 0) is 50.6 Å². The van der Waals surface area contributed by atoms with Gasteiger partial charge in [0, 0.05) is 31.4 Å². The number of amides is 2. The number of hydrogen-bond acceptors (Lipinski definition) is 4. The van der Waals surface area contributed by atoms with Gasteiger partial charge in [-0.15, -0.1) is 0 Å².